The molecule has 4 nitrogen and oxygen atoms in total. The lowest BCUT2D eigenvalue weighted by Gasteiger charge is -2.18. The van der Waals surface area contributed by atoms with Crippen LogP contribution in [0.15, 0.2) is 30.3 Å². The Morgan fingerprint density at radius 2 is 1.87 bits per heavy atom. The van der Waals surface area contributed by atoms with Crippen LogP contribution in [0.5, 0.6) is 11.5 Å². The first kappa shape index (κ1) is 15.7. The van der Waals surface area contributed by atoms with Crippen LogP contribution < -0.4 is 14.8 Å². The molecular formula is C15H12F3NO3S. The standard InChI is InChI=1S/C15H12F3NO3S/c16-15(17,18)8-19-14(20)13-4-3-12(23-13)9-1-2-10-11(7-9)22-6-5-21-10/h1-4,7H,5-6,8H2,(H,19,20). The summed E-state index contributed by atoms with van der Waals surface area (Å²) in [5.74, 6) is 0.529. The van der Waals surface area contributed by atoms with E-state index in [1.807, 2.05) is 11.4 Å². The molecule has 122 valence electrons. The number of ether oxygens (including phenoxy) is 2. The Morgan fingerprint density at radius 1 is 1.13 bits per heavy atom. The second kappa shape index (κ2) is 6.11. The molecule has 23 heavy (non-hydrogen) atoms. The van der Waals surface area contributed by atoms with Crippen molar-refractivity contribution in [1.82, 2.24) is 5.32 Å². The number of benzene rings is 1. The second-order valence-electron chi connectivity index (χ2n) is 4.82. The van der Waals surface area contributed by atoms with Gasteiger partial charge in [0.25, 0.3) is 5.91 Å². The van der Waals surface area contributed by atoms with Gasteiger partial charge in [-0.2, -0.15) is 13.2 Å². The third kappa shape index (κ3) is 3.76. The molecule has 0 spiro atoms. The Kier molecular flexibility index (Phi) is 4.16. The van der Waals surface area contributed by atoms with Crippen molar-refractivity contribution in [2.45, 2.75) is 6.18 Å². The Bertz CT molecular complexity index is 727. The number of halogens is 3. The summed E-state index contributed by atoms with van der Waals surface area (Å²) in [6.07, 6.45) is -4.43. The normalized spacial score (nSPS) is 13.7. The number of thiophene rings is 1. The molecular weight excluding hydrogens is 331 g/mol. The average Bonchev–Trinajstić information content (AvgIpc) is 3.01. The molecule has 3 rings (SSSR count). The van der Waals surface area contributed by atoms with E-state index in [1.165, 1.54) is 6.07 Å². The van der Waals surface area contributed by atoms with E-state index in [2.05, 4.69) is 0 Å². The predicted molar refractivity (Wildman–Crippen MR) is 79.1 cm³/mol. The molecule has 0 radical (unpaired) electrons. The minimum Gasteiger partial charge on any atom is -0.486 e. The van der Waals surface area contributed by atoms with Crippen LogP contribution in [0, 0.1) is 0 Å². The average molecular weight is 343 g/mol. The number of hydrogen-bond acceptors (Lipinski definition) is 4. The van der Waals surface area contributed by atoms with Crippen LogP contribution in [0.25, 0.3) is 10.4 Å². The first-order valence-electron chi connectivity index (χ1n) is 6.77. The van der Waals surface area contributed by atoms with Gasteiger partial charge in [0.1, 0.15) is 19.8 Å². The first-order valence-corrected chi connectivity index (χ1v) is 7.59. The van der Waals surface area contributed by atoms with Gasteiger partial charge >= 0.3 is 6.18 Å². The molecule has 1 aromatic carbocycles. The molecule has 1 aliphatic rings. The zero-order valence-electron chi connectivity index (χ0n) is 11.8. The largest absolute Gasteiger partial charge is 0.486 e. The van der Waals surface area contributed by atoms with Crippen molar-refractivity contribution in [1.29, 1.82) is 0 Å². The molecule has 1 aromatic heterocycles. The first-order chi connectivity index (χ1) is 10.9. The van der Waals surface area contributed by atoms with E-state index >= 15 is 0 Å². The summed E-state index contributed by atoms with van der Waals surface area (Å²) in [6.45, 7) is -0.385. The number of hydrogen-bond donors (Lipinski definition) is 1. The maximum absolute atomic E-state index is 12.1. The summed E-state index contributed by atoms with van der Waals surface area (Å²) in [4.78, 5) is 12.7. The van der Waals surface area contributed by atoms with Crippen LogP contribution in [0.1, 0.15) is 9.67 Å². The van der Waals surface area contributed by atoms with Gasteiger partial charge in [-0.05, 0) is 35.9 Å². The quantitative estimate of drug-likeness (QED) is 0.928. The number of alkyl halides is 3. The number of amides is 1. The Labute approximate surface area is 133 Å². The van der Waals surface area contributed by atoms with Crippen molar-refractivity contribution in [2.75, 3.05) is 19.8 Å². The number of rotatable bonds is 3. The van der Waals surface area contributed by atoms with Crippen LogP contribution in [0.2, 0.25) is 0 Å². The molecule has 0 fully saturated rings. The Balaban J connectivity index is 1.75. The van der Waals surface area contributed by atoms with Gasteiger partial charge in [0.2, 0.25) is 0 Å². The lowest BCUT2D eigenvalue weighted by molar-refractivity contribution is -0.123. The van der Waals surface area contributed by atoms with Crippen molar-refractivity contribution >= 4 is 17.2 Å². The third-order valence-electron chi connectivity index (χ3n) is 3.11. The van der Waals surface area contributed by atoms with Crippen molar-refractivity contribution in [3.05, 3.63) is 35.2 Å². The Morgan fingerprint density at radius 3 is 2.61 bits per heavy atom. The van der Waals surface area contributed by atoms with E-state index in [-0.39, 0.29) is 4.88 Å². The van der Waals surface area contributed by atoms with Crippen molar-refractivity contribution in [3.63, 3.8) is 0 Å². The van der Waals surface area contributed by atoms with Gasteiger partial charge in [-0.1, -0.05) is 0 Å². The molecule has 1 N–H and O–H groups in total. The summed E-state index contributed by atoms with van der Waals surface area (Å²) >= 11 is 1.12. The monoisotopic (exact) mass is 343 g/mol. The van der Waals surface area contributed by atoms with E-state index in [0.29, 0.717) is 24.7 Å². The van der Waals surface area contributed by atoms with Gasteiger partial charge in [0, 0.05) is 4.88 Å². The fourth-order valence-corrected chi connectivity index (χ4v) is 3.00. The van der Waals surface area contributed by atoms with Crippen LogP contribution in [0.4, 0.5) is 13.2 Å². The topological polar surface area (TPSA) is 47.6 Å². The van der Waals surface area contributed by atoms with E-state index in [0.717, 1.165) is 21.8 Å². The summed E-state index contributed by atoms with van der Waals surface area (Å²) in [7, 11) is 0. The smallest absolute Gasteiger partial charge is 0.405 e. The molecule has 2 aromatic rings. The highest BCUT2D eigenvalue weighted by molar-refractivity contribution is 7.17. The molecule has 0 saturated carbocycles. The minimum atomic E-state index is -4.43. The maximum Gasteiger partial charge on any atom is 0.405 e. The molecule has 2 heterocycles. The molecule has 1 aliphatic heterocycles. The molecule has 0 atom stereocenters. The summed E-state index contributed by atoms with van der Waals surface area (Å²) in [5, 5.41) is 1.86. The highest BCUT2D eigenvalue weighted by Gasteiger charge is 2.28. The number of nitrogens with one attached hydrogen (secondary N) is 1. The van der Waals surface area contributed by atoms with E-state index in [1.54, 1.807) is 18.2 Å². The second-order valence-corrected chi connectivity index (χ2v) is 5.90. The van der Waals surface area contributed by atoms with Crippen molar-refractivity contribution < 1.29 is 27.4 Å². The van der Waals surface area contributed by atoms with E-state index in [4.69, 9.17) is 9.47 Å². The number of fused-ring (bicyclic) bond motifs is 1. The van der Waals surface area contributed by atoms with Crippen LogP contribution in [-0.4, -0.2) is 31.8 Å². The Hall–Kier alpha value is -2.22. The number of carbonyl (C=O) groups excluding carboxylic acids is 1. The van der Waals surface area contributed by atoms with Gasteiger partial charge in [-0.15, -0.1) is 11.3 Å². The van der Waals surface area contributed by atoms with Gasteiger partial charge in [-0.25, -0.2) is 0 Å². The van der Waals surface area contributed by atoms with Crippen LogP contribution >= 0.6 is 11.3 Å². The fourth-order valence-electron chi connectivity index (χ4n) is 2.08. The zero-order valence-corrected chi connectivity index (χ0v) is 12.6. The maximum atomic E-state index is 12.1. The highest BCUT2D eigenvalue weighted by Crippen LogP contribution is 2.36. The van der Waals surface area contributed by atoms with Crippen molar-refractivity contribution in [2.24, 2.45) is 0 Å². The van der Waals surface area contributed by atoms with Gasteiger partial charge in [0.15, 0.2) is 11.5 Å². The van der Waals surface area contributed by atoms with Gasteiger partial charge < -0.3 is 14.8 Å². The molecule has 0 aliphatic carbocycles. The summed E-state index contributed by atoms with van der Waals surface area (Å²) < 4.78 is 47.3. The van der Waals surface area contributed by atoms with E-state index < -0.39 is 18.6 Å². The van der Waals surface area contributed by atoms with E-state index in [9.17, 15) is 18.0 Å². The molecule has 1 amide bonds. The predicted octanol–water partition coefficient (Wildman–Crippen LogP) is 3.48. The molecule has 0 bridgehead atoms. The lowest BCUT2D eigenvalue weighted by atomic mass is 10.1. The summed E-state index contributed by atoms with van der Waals surface area (Å²) in [6, 6.07) is 8.57. The third-order valence-corrected chi connectivity index (χ3v) is 4.24. The van der Waals surface area contributed by atoms with Crippen molar-refractivity contribution in [3.8, 4) is 21.9 Å². The molecule has 0 saturated heterocycles. The highest BCUT2D eigenvalue weighted by atomic mass is 32.1. The fraction of sp³-hybridized carbons (Fsp3) is 0.267. The SMILES string of the molecule is O=C(NCC(F)(F)F)c1ccc(-c2ccc3c(c2)OCCO3)s1. The zero-order chi connectivity index (χ0) is 16.4. The molecule has 8 heteroatoms. The molecule has 0 unspecified atom stereocenters. The van der Waals surface area contributed by atoms with Crippen LogP contribution in [0.3, 0.4) is 0 Å². The lowest BCUT2D eigenvalue weighted by Crippen LogP contribution is -2.33. The summed E-state index contributed by atoms with van der Waals surface area (Å²) in [5.41, 5.74) is 0.814. The van der Waals surface area contributed by atoms with Gasteiger partial charge in [-0.3, -0.25) is 4.79 Å². The number of carbonyl (C=O) groups is 1. The minimum absolute atomic E-state index is 0.221. The van der Waals surface area contributed by atoms with Gasteiger partial charge in [0.05, 0.1) is 4.88 Å². The van der Waals surface area contributed by atoms with Crippen LogP contribution in [-0.2, 0) is 0 Å².